The quantitative estimate of drug-likeness (QED) is 0.645. The van der Waals surface area contributed by atoms with Crippen LogP contribution in [-0.4, -0.2) is 11.1 Å². The minimum Gasteiger partial charge on any atom is -0.360 e. The first kappa shape index (κ1) is 18.0. The molecule has 0 saturated heterocycles. The maximum atomic E-state index is 13.1. The summed E-state index contributed by atoms with van der Waals surface area (Å²) < 4.78 is 44.4. The summed E-state index contributed by atoms with van der Waals surface area (Å²) in [4.78, 5) is 12.7. The number of carbonyl (C=O) groups excluding carboxylic acids is 1. The van der Waals surface area contributed by atoms with Crippen molar-refractivity contribution in [2.24, 2.45) is 0 Å². The maximum absolute atomic E-state index is 13.1. The van der Waals surface area contributed by atoms with Crippen LogP contribution in [0.5, 0.6) is 0 Å². The zero-order chi connectivity index (χ0) is 18.9. The summed E-state index contributed by atoms with van der Waals surface area (Å²) >= 11 is 6.13. The zero-order valence-electron chi connectivity index (χ0n) is 13.4. The van der Waals surface area contributed by atoms with Gasteiger partial charge in [0.15, 0.2) is 0 Å². The lowest BCUT2D eigenvalue weighted by molar-refractivity contribution is -0.136. The van der Waals surface area contributed by atoms with E-state index in [4.69, 9.17) is 16.1 Å². The van der Waals surface area contributed by atoms with Gasteiger partial charge >= 0.3 is 6.18 Å². The fraction of sp³-hybridized carbons (Fsp3) is 0.111. The second kappa shape index (κ2) is 6.84. The molecule has 1 amide bonds. The van der Waals surface area contributed by atoms with Crippen molar-refractivity contribution in [2.75, 3.05) is 5.32 Å². The average Bonchev–Trinajstić information content (AvgIpc) is 2.96. The largest absolute Gasteiger partial charge is 0.418 e. The Labute approximate surface area is 151 Å². The van der Waals surface area contributed by atoms with Gasteiger partial charge in [-0.3, -0.25) is 4.79 Å². The van der Waals surface area contributed by atoms with E-state index in [1.54, 1.807) is 24.3 Å². The molecule has 1 heterocycles. The van der Waals surface area contributed by atoms with Crippen LogP contribution in [-0.2, 0) is 6.18 Å². The van der Waals surface area contributed by atoms with Gasteiger partial charge in [0.2, 0.25) is 0 Å². The monoisotopic (exact) mass is 380 g/mol. The predicted octanol–water partition coefficient (Wildman–Crippen LogP) is 5.57. The lowest BCUT2D eigenvalue weighted by Crippen LogP contribution is -2.17. The molecule has 1 N–H and O–H groups in total. The summed E-state index contributed by atoms with van der Waals surface area (Å²) in [5.74, 6) is -0.600. The zero-order valence-corrected chi connectivity index (χ0v) is 14.2. The smallest absolute Gasteiger partial charge is 0.360 e. The molecule has 3 aromatic rings. The molecule has 0 aliphatic rings. The number of hydrogen-bond donors (Lipinski definition) is 1. The van der Waals surface area contributed by atoms with Gasteiger partial charge in [0.25, 0.3) is 5.91 Å². The van der Waals surface area contributed by atoms with Gasteiger partial charge in [-0.25, -0.2) is 0 Å². The standard InChI is InChI=1S/C18H12ClF3N2O2/c1-10-15(16(24-26-10)11-6-2-4-8-13(11)19)17(25)23-14-9-5-3-7-12(14)18(20,21)22/h2-9H,1H3,(H,23,25). The van der Waals surface area contributed by atoms with E-state index < -0.39 is 17.6 Å². The van der Waals surface area contributed by atoms with Gasteiger partial charge in [0.1, 0.15) is 17.0 Å². The Kier molecular flexibility index (Phi) is 4.73. The number of alkyl halides is 3. The first-order valence-corrected chi connectivity index (χ1v) is 7.85. The SMILES string of the molecule is Cc1onc(-c2ccccc2Cl)c1C(=O)Nc1ccccc1C(F)(F)F. The predicted molar refractivity (Wildman–Crippen MR) is 91.1 cm³/mol. The highest BCUT2D eigenvalue weighted by atomic mass is 35.5. The van der Waals surface area contributed by atoms with Crippen LogP contribution in [0.1, 0.15) is 21.7 Å². The third kappa shape index (κ3) is 3.43. The average molecular weight is 381 g/mol. The van der Waals surface area contributed by atoms with Crippen LogP contribution in [0, 0.1) is 6.92 Å². The van der Waals surface area contributed by atoms with E-state index in [1.807, 2.05) is 0 Å². The number of halogens is 4. The van der Waals surface area contributed by atoms with Crippen molar-refractivity contribution in [3.63, 3.8) is 0 Å². The normalized spacial score (nSPS) is 11.4. The van der Waals surface area contributed by atoms with Gasteiger partial charge in [0.05, 0.1) is 16.3 Å². The Bertz CT molecular complexity index is 967. The van der Waals surface area contributed by atoms with Crippen molar-refractivity contribution in [3.05, 3.63) is 70.4 Å². The van der Waals surface area contributed by atoms with E-state index in [0.717, 1.165) is 6.07 Å². The lowest BCUT2D eigenvalue weighted by atomic mass is 10.0. The number of anilines is 1. The van der Waals surface area contributed by atoms with Gasteiger partial charge in [-0.05, 0) is 25.1 Å². The van der Waals surface area contributed by atoms with E-state index >= 15 is 0 Å². The number of amides is 1. The van der Waals surface area contributed by atoms with Crippen molar-refractivity contribution < 1.29 is 22.5 Å². The first-order chi connectivity index (χ1) is 12.3. The van der Waals surface area contributed by atoms with Crippen LogP contribution in [0.2, 0.25) is 5.02 Å². The summed E-state index contributed by atoms with van der Waals surface area (Å²) in [6, 6.07) is 11.4. The third-order valence-electron chi connectivity index (χ3n) is 3.70. The molecular formula is C18H12ClF3N2O2. The molecule has 0 unspecified atom stereocenters. The summed E-state index contributed by atoms with van der Waals surface area (Å²) in [7, 11) is 0. The van der Waals surface area contributed by atoms with E-state index in [1.165, 1.54) is 25.1 Å². The van der Waals surface area contributed by atoms with Crippen molar-refractivity contribution >= 4 is 23.2 Å². The minimum absolute atomic E-state index is 0.0232. The van der Waals surface area contributed by atoms with Gasteiger partial charge in [-0.1, -0.05) is 47.1 Å². The molecule has 3 rings (SSSR count). The number of aryl methyl sites for hydroxylation is 1. The number of benzene rings is 2. The van der Waals surface area contributed by atoms with Crippen LogP contribution in [0.25, 0.3) is 11.3 Å². The van der Waals surface area contributed by atoms with Crippen LogP contribution in [0.15, 0.2) is 53.1 Å². The molecule has 0 bridgehead atoms. The van der Waals surface area contributed by atoms with E-state index in [2.05, 4.69) is 10.5 Å². The van der Waals surface area contributed by atoms with Gasteiger partial charge in [-0.2, -0.15) is 13.2 Å². The van der Waals surface area contributed by atoms with Crippen LogP contribution in [0.4, 0.5) is 18.9 Å². The summed E-state index contributed by atoms with van der Waals surface area (Å²) in [6.07, 6.45) is -4.60. The molecule has 0 spiro atoms. The number of hydrogen-bond acceptors (Lipinski definition) is 3. The summed E-state index contributed by atoms with van der Waals surface area (Å²) in [5.41, 5.74) is -0.664. The molecule has 26 heavy (non-hydrogen) atoms. The Hall–Kier alpha value is -2.80. The number of carbonyl (C=O) groups is 1. The van der Waals surface area contributed by atoms with E-state index in [0.29, 0.717) is 10.6 Å². The second-order valence-electron chi connectivity index (χ2n) is 5.44. The highest BCUT2D eigenvalue weighted by Gasteiger charge is 2.34. The highest BCUT2D eigenvalue weighted by Crippen LogP contribution is 2.36. The first-order valence-electron chi connectivity index (χ1n) is 7.48. The Morgan fingerprint density at radius 3 is 2.46 bits per heavy atom. The number of aromatic nitrogens is 1. The van der Waals surface area contributed by atoms with Crippen molar-refractivity contribution in [1.29, 1.82) is 0 Å². The third-order valence-corrected chi connectivity index (χ3v) is 4.03. The Morgan fingerprint density at radius 1 is 1.12 bits per heavy atom. The van der Waals surface area contributed by atoms with Crippen molar-refractivity contribution in [3.8, 4) is 11.3 Å². The summed E-state index contributed by atoms with van der Waals surface area (Å²) in [5, 5.41) is 6.46. The molecule has 8 heteroatoms. The van der Waals surface area contributed by atoms with Crippen LogP contribution >= 0.6 is 11.6 Å². The fourth-order valence-corrected chi connectivity index (χ4v) is 2.73. The topological polar surface area (TPSA) is 55.1 Å². The number of para-hydroxylation sites is 1. The van der Waals surface area contributed by atoms with E-state index in [9.17, 15) is 18.0 Å². The van der Waals surface area contributed by atoms with Crippen LogP contribution in [0.3, 0.4) is 0 Å². The van der Waals surface area contributed by atoms with Crippen LogP contribution < -0.4 is 5.32 Å². The molecule has 0 radical (unpaired) electrons. The molecule has 1 aromatic heterocycles. The second-order valence-corrected chi connectivity index (χ2v) is 5.85. The molecule has 0 saturated carbocycles. The number of nitrogens with zero attached hydrogens (tertiary/aromatic N) is 1. The molecule has 0 atom stereocenters. The van der Waals surface area contributed by atoms with Gasteiger partial charge < -0.3 is 9.84 Å². The number of rotatable bonds is 3. The summed E-state index contributed by atoms with van der Waals surface area (Å²) in [6.45, 7) is 1.50. The number of nitrogens with one attached hydrogen (secondary N) is 1. The van der Waals surface area contributed by atoms with Crippen molar-refractivity contribution in [2.45, 2.75) is 13.1 Å². The minimum atomic E-state index is -4.60. The van der Waals surface area contributed by atoms with Gasteiger partial charge in [-0.15, -0.1) is 0 Å². The fourth-order valence-electron chi connectivity index (χ4n) is 2.50. The Morgan fingerprint density at radius 2 is 1.77 bits per heavy atom. The lowest BCUT2D eigenvalue weighted by Gasteiger charge is -2.13. The van der Waals surface area contributed by atoms with Crippen molar-refractivity contribution in [1.82, 2.24) is 5.16 Å². The Balaban J connectivity index is 2.01. The molecule has 134 valence electrons. The molecule has 2 aromatic carbocycles. The van der Waals surface area contributed by atoms with Gasteiger partial charge in [0, 0.05) is 5.56 Å². The molecular weight excluding hydrogens is 369 g/mol. The molecule has 0 aliphatic heterocycles. The molecule has 0 fully saturated rings. The molecule has 4 nitrogen and oxygen atoms in total. The van der Waals surface area contributed by atoms with E-state index in [-0.39, 0.29) is 22.7 Å². The highest BCUT2D eigenvalue weighted by molar-refractivity contribution is 6.33. The maximum Gasteiger partial charge on any atom is 0.418 e. The molecule has 0 aliphatic carbocycles.